The second-order valence-corrected chi connectivity index (χ2v) is 6.36. The van der Waals surface area contributed by atoms with Crippen molar-refractivity contribution in [2.45, 2.75) is 20.0 Å². The summed E-state index contributed by atoms with van der Waals surface area (Å²) in [5.41, 5.74) is 1.93. The molecule has 0 saturated carbocycles. The van der Waals surface area contributed by atoms with E-state index in [4.69, 9.17) is 4.42 Å². The molecular formula is C14H13BrN4OS. The Morgan fingerprint density at radius 1 is 1.24 bits per heavy atom. The van der Waals surface area contributed by atoms with E-state index in [9.17, 15) is 0 Å². The molecule has 0 fully saturated rings. The fourth-order valence-electron chi connectivity index (χ4n) is 1.86. The Bertz CT molecular complexity index is 740. The lowest BCUT2D eigenvalue weighted by atomic mass is 10.2. The van der Waals surface area contributed by atoms with Crippen LogP contribution in [0.2, 0.25) is 0 Å². The highest BCUT2D eigenvalue weighted by atomic mass is 79.9. The lowest BCUT2D eigenvalue weighted by Crippen LogP contribution is -2.13. The van der Waals surface area contributed by atoms with Crippen molar-refractivity contribution in [1.29, 1.82) is 0 Å². The predicted octanol–water partition coefficient (Wildman–Crippen LogP) is 3.55. The second kappa shape index (κ2) is 6.46. The molecule has 0 radical (unpaired) electrons. The number of hydrogen-bond acceptors (Lipinski definition) is 6. The van der Waals surface area contributed by atoms with E-state index < -0.39 is 0 Å². The molecular weight excluding hydrogens is 352 g/mol. The Kier molecular flexibility index (Phi) is 4.42. The van der Waals surface area contributed by atoms with Crippen LogP contribution in [0.5, 0.6) is 0 Å². The molecule has 1 aromatic carbocycles. The quantitative estimate of drug-likeness (QED) is 0.749. The molecule has 0 unspecified atom stereocenters. The number of hydrogen-bond donors (Lipinski definition) is 1. The molecule has 0 aliphatic carbocycles. The summed E-state index contributed by atoms with van der Waals surface area (Å²) in [6.07, 6.45) is 0. The van der Waals surface area contributed by atoms with Crippen molar-refractivity contribution >= 4 is 27.3 Å². The normalized spacial score (nSPS) is 11.0. The van der Waals surface area contributed by atoms with E-state index in [-0.39, 0.29) is 0 Å². The van der Waals surface area contributed by atoms with Crippen LogP contribution in [0.15, 0.2) is 38.5 Å². The summed E-state index contributed by atoms with van der Waals surface area (Å²) in [5, 5.41) is 14.5. The highest BCUT2D eigenvalue weighted by molar-refractivity contribution is 9.10. The Balaban J connectivity index is 1.62. The van der Waals surface area contributed by atoms with Gasteiger partial charge >= 0.3 is 0 Å². The van der Waals surface area contributed by atoms with Gasteiger partial charge in [-0.25, -0.2) is 4.98 Å². The predicted molar refractivity (Wildman–Crippen MR) is 84.8 cm³/mol. The largest absolute Gasteiger partial charge is 0.419 e. The van der Waals surface area contributed by atoms with Crippen molar-refractivity contribution in [2.24, 2.45) is 0 Å². The van der Waals surface area contributed by atoms with E-state index >= 15 is 0 Å². The average molecular weight is 365 g/mol. The van der Waals surface area contributed by atoms with Crippen LogP contribution in [0.3, 0.4) is 0 Å². The van der Waals surface area contributed by atoms with Crippen LogP contribution < -0.4 is 5.32 Å². The number of halogens is 1. The van der Waals surface area contributed by atoms with Gasteiger partial charge in [0, 0.05) is 16.4 Å². The summed E-state index contributed by atoms with van der Waals surface area (Å²) in [6.45, 7) is 3.21. The topological polar surface area (TPSA) is 63.8 Å². The molecule has 5 nitrogen and oxygen atoms in total. The molecule has 0 aliphatic heterocycles. The standard InChI is InChI=1S/C14H13BrN4OS/c1-9-17-10(8-21-9)6-16-7-13-18-19-14(20-13)11-4-2-3-5-12(11)15/h2-5,8,16H,6-7H2,1H3. The summed E-state index contributed by atoms with van der Waals surface area (Å²) in [7, 11) is 0. The van der Waals surface area contributed by atoms with Crippen molar-refractivity contribution in [2.75, 3.05) is 0 Å². The fraction of sp³-hybridized carbons (Fsp3) is 0.214. The highest BCUT2D eigenvalue weighted by Crippen LogP contribution is 2.26. The van der Waals surface area contributed by atoms with Crippen molar-refractivity contribution in [1.82, 2.24) is 20.5 Å². The molecule has 0 bridgehead atoms. The molecule has 3 rings (SSSR count). The van der Waals surface area contributed by atoms with Gasteiger partial charge in [-0.2, -0.15) is 0 Å². The molecule has 108 valence electrons. The molecule has 1 N–H and O–H groups in total. The monoisotopic (exact) mass is 364 g/mol. The van der Waals surface area contributed by atoms with Gasteiger partial charge in [-0.15, -0.1) is 21.5 Å². The first-order valence-corrected chi connectivity index (χ1v) is 8.08. The third-order valence-electron chi connectivity index (χ3n) is 2.82. The molecule has 0 atom stereocenters. The molecule has 0 aliphatic rings. The minimum absolute atomic E-state index is 0.517. The van der Waals surface area contributed by atoms with E-state index in [1.807, 2.05) is 36.6 Å². The molecule has 2 heterocycles. The van der Waals surface area contributed by atoms with Gasteiger partial charge in [0.1, 0.15) is 0 Å². The molecule has 3 aromatic rings. The zero-order valence-electron chi connectivity index (χ0n) is 11.3. The number of nitrogens with zero attached hydrogens (tertiary/aromatic N) is 3. The van der Waals surface area contributed by atoms with Crippen molar-refractivity contribution in [3.8, 4) is 11.5 Å². The van der Waals surface area contributed by atoms with E-state index in [0.717, 1.165) is 20.7 Å². The fourth-order valence-corrected chi connectivity index (χ4v) is 2.92. The van der Waals surface area contributed by atoms with Crippen LogP contribution in [-0.4, -0.2) is 15.2 Å². The van der Waals surface area contributed by atoms with Crippen molar-refractivity contribution < 1.29 is 4.42 Å². The number of rotatable bonds is 5. The van der Waals surface area contributed by atoms with Crippen molar-refractivity contribution in [3.63, 3.8) is 0 Å². The third kappa shape index (κ3) is 3.55. The SMILES string of the molecule is Cc1nc(CNCc2nnc(-c3ccccc3Br)o2)cs1. The lowest BCUT2D eigenvalue weighted by molar-refractivity contribution is 0.476. The van der Waals surface area contributed by atoms with Gasteiger partial charge in [0.2, 0.25) is 11.8 Å². The van der Waals surface area contributed by atoms with Crippen LogP contribution in [0.4, 0.5) is 0 Å². The van der Waals surface area contributed by atoms with E-state index in [0.29, 0.717) is 24.9 Å². The number of thiazole rings is 1. The van der Waals surface area contributed by atoms with E-state index in [2.05, 4.69) is 36.4 Å². The Hall–Kier alpha value is -1.57. The third-order valence-corrected chi connectivity index (χ3v) is 4.33. The van der Waals surface area contributed by atoms with Gasteiger partial charge in [-0.05, 0) is 35.0 Å². The Morgan fingerprint density at radius 3 is 2.86 bits per heavy atom. The Morgan fingerprint density at radius 2 is 2.10 bits per heavy atom. The zero-order valence-corrected chi connectivity index (χ0v) is 13.7. The van der Waals surface area contributed by atoms with Gasteiger partial charge in [-0.1, -0.05) is 12.1 Å². The number of benzene rings is 1. The van der Waals surface area contributed by atoms with E-state index in [1.165, 1.54) is 0 Å². The smallest absolute Gasteiger partial charge is 0.248 e. The molecule has 0 saturated heterocycles. The van der Waals surface area contributed by atoms with Gasteiger partial charge in [0.05, 0.1) is 22.8 Å². The van der Waals surface area contributed by atoms with Crippen LogP contribution in [0.1, 0.15) is 16.6 Å². The first-order chi connectivity index (χ1) is 10.2. The maximum atomic E-state index is 5.66. The summed E-state index contributed by atoms with van der Waals surface area (Å²) >= 11 is 5.12. The number of aromatic nitrogens is 3. The molecule has 7 heteroatoms. The summed E-state index contributed by atoms with van der Waals surface area (Å²) < 4.78 is 6.60. The van der Waals surface area contributed by atoms with Crippen LogP contribution in [-0.2, 0) is 13.1 Å². The maximum Gasteiger partial charge on any atom is 0.248 e. The summed E-state index contributed by atoms with van der Waals surface area (Å²) in [6, 6.07) is 7.77. The van der Waals surface area contributed by atoms with Crippen LogP contribution in [0, 0.1) is 6.92 Å². The highest BCUT2D eigenvalue weighted by Gasteiger charge is 2.10. The first kappa shape index (κ1) is 14.4. The molecule has 0 amide bonds. The second-order valence-electron chi connectivity index (χ2n) is 4.44. The van der Waals surface area contributed by atoms with Crippen LogP contribution >= 0.6 is 27.3 Å². The van der Waals surface area contributed by atoms with Crippen molar-refractivity contribution in [3.05, 3.63) is 50.7 Å². The van der Waals surface area contributed by atoms with Crippen LogP contribution in [0.25, 0.3) is 11.5 Å². The minimum Gasteiger partial charge on any atom is -0.419 e. The minimum atomic E-state index is 0.517. The van der Waals surface area contributed by atoms with Gasteiger partial charge in [0.15, 0.2) is 0 Å². The number of aryl methyl sites for hydroxylation is 1. The zero-order chi connectivity index (χ0) is 14.7. The molecule has 0 spiro atoms. The average Bonchev–Trinajstić information content (AvgIpc) is 3.09. The summed E-state index contributed by atoms with van der Waals surface area (Å²) in [4.78, 5) is 4.39. The molecule has 2 aromatic heterocycles. The first-order valence-electron chi connectivity index (χ1n) is 6.41. The number of nitrogens with one attached hydrogen (secondary N) is 1. The maximum absolute atomic E-state index is 5.66. The Labute approximate surface area is 134 Å². The molecule has 21 heavy (non-hydrogen) atoms. The lowest BCUT2D eigenvalue weighted by Gasteiger charge is -1.99. The van der Waals surface area contributed by atoms with Gasteiger partial charge in [-0.3, -0.25) is 0 Å². The van der Waals surface area contributed by atoms with Gasteiger partial charge < -0.3 is 9.73 Å². The summed E-state index contributed by atoms with van der Waals surface area (Å²) in [5.74, 6) is 1.08. The van der Waals surface area contributed by atoms with E-state index in [1.54, 1.807) is 11.3 Å². The van der Waals surface area contributed by atoms with Gasteiger partial charge in [0.25, 0.3) is 0 Å².